The minimum atomic E-state index is -0.559. The van der Waals surface area contributed by atoms with Gasteiger partial charge in [0.2, 0.25) is 0 Å². The fraction of sp³-hybridized carbons (Fsp3) is 0.476. The number of aryl methyl sites for hydroxylation is 1. The number of ether oxygens (including phenoxy) is 2. The van der Waals surface area contributed by atoms with Gasteiger partial charge in [-0.15, -0.1) is 0 Å². The van der Waals surface area contributed by atoms with Crippen molar-refractivity contribution in [3.05, 3.63) is 45.4 Å². The number of carbonyl (C=O) groups is 1. The molecule has 1 spiro atoms. The van der Waals surface area contributed by atoms with Gasteiger partial charge in [-0.3, -0.25) is 9.59 Å². The van der Waals surface area contributed by atoms with Gasteiger partial charge >= 0.3 is 0 Å². The third kappa shape index (κ3) is 3.25. The Bertz CT molecular complexity index is 961. The van der Waals surface area contributed by atoms with Gasteiger partial charge in [0.15, 0.2) is 11.5 Å². The van der Waals surface area contributed by atoms with Crippen LogP contribution in [-0.2, 0) is 12.8 Å². The van der Waals surface area contributed by atoms with E-state index in [0.717, 1.165) is 31.4 Å². The second kappa shape index (κ2) is 7.30. The summed E-state index contributed by atoms with van der Waals surface area (Å²) in [6, 6.07) is 5.34. The van der Waals surface area contributed by atoms with Crippen molar-refractivity contribution in [3.8, 4) is 11.5 Å². The number of rotatable bonds is 4. The van der Waals surface area contributed by atoms with Crippen LogP contribution in [0.2, 0.25) is 0 Å². The first-order valence-corrected chi connectivity index (χ1v) is 9.99. The molecule has 2 aliphatic rings. The molecular formula is C21H25N3O4. The lowest BCUT2D eigenvalue weighted by molar-refractivity contribution is -0.105. The van der Waals surface area contributed by atoms with Gasteiger partial charge in [0.25, 0.3) is 17.3 Å². The molecule has 28 heavy (non-hydrogen) atoms. The van der Waals surface area contributed by atoms with Crippen LogP contribution in [0.3, 0.4) is 0 Å². The quantitative estimate of drug-likeness (QED) is 0.842. The van der Waals surface area contributed by atoms with Crippen molar-refractivity contribution in [1.29, 1.82) is 0 Å². The Kier molecular flexibility index (Phi) is 4.83. The molecule has 0 saturated heterocycles. The Labute approximate surface area is 163 Å². The normalized spacial score (nSPS) is 16.9. The first-order chi connectivity index (χ1) is 13.5. The molecule has 1 aromatic carbocycles. The van der Waals surface area contributed by atoms with Crippen LogP contribution in [0.25, 0.3) is 0 Å². The highest BCUT2D eigenvalue weighted by molar-refractivity contribution is 6.05. The fourth-order valence-electron chi connectivity index (χ4n) is 4.10. The summed E-state index contributed by atoms with van der Waals surface area (Å²) >= 11 is 0. The van der Waals surface area contributed by atoms with Crippen molar-refractivity contribution < 1.29 is 14.3 Å². The highest BCUT2D eigenvalue weighted by atomic mass is 16.7. The molecule has 1 aromatic heterocycles. The molecule has 2 N–H and O–H groups in total. The minimum Gasteiger partial charge on any atom is -0.448 e. The summed E-state index contributed by atoms with van der Waals surface area (Å²) < 4.78 is 12.2. The molecule has 1 aliphatic heterocycles. The average molecular weight is 383 g/mol. The molecule has 1 amide bonds. The SMILES string of the molecule is CCc1n[nH]c(=O)c(C(=O)Nc2ccc3c(c2)OC2(CCCCC2)O3)c1CC. The molecule has 7 heteroatoms. The van der Waals surface area contributed by atoms with Crippen LogP contribution >= 0.6 is 0 Å². The van der Waals surface area contributed by atoms with E-state index in [1.165, 1.54) is 6.42 Å². The molecular weight excluding hydrogens is 358 g/mol. The van der Waals surface area contributed by atoms with Crippen molar-refractivity contribution in [2.24, 2.45) is 0 Å². The molecule has 2 heterocycles. The summed E-state index contributed by atoms with van der Waals surface area (Å²) in [5.74, 6) is 0.329. The van der Waals surface area contributed by atoms with Crippen LogP contribution in [0.5, 0.6) is 11.5 Å². The van der Waals surface area contributed by atoms with Crippen LogP contribution < -0.4 is 20.3 Å². The zero-order valence-electron chi connectivity index (χ0n) is 16.3. The van der Waals surface area contributed by atoms with Gasteiger partial charge in [-0.2, -0.15) is 5.10 Å². The zero-order valence-corrected chi connectivity index (χ0v) is 16.3. The monoisotopic (exact) mass is 383 g/mol. The number of amides is 1. The first-order valence-electron chi connectivity index (χ1n) is 9.99. The van der Waals surface area contributed by atoms with Crippen LogP contribution in [0.15, 0.2) is 23.0 Å². The maximum atomic E-state index is 12.8. The second-order valence-electron chi connectivity index (χ2n) is 7.35. The number of hydrogen-bond donors (Lipinski definition) is 2. The lowest BCUT2D eigenvalue weighted by Crippen LogP contribution is -2.40. The summed E-state index contributed by atoms with van der Waals surface area (Å²) in [5, 5.41) is 9.31. The zero-order chi connectivity index (χ0) is 19.7. The van der Waals surface area contributed by atoms with Gasteiger partial charge in [0.05, 0.1) is 5.69 Å². The average Bonchev–Trinajstić information content (AvgIpc) is 3.04. The van der Waals surface area contributed by atoms with Gasteiger partial charge in [-0.25, -0.2) is 5.10 Å². The molecule has 0 radical (unpaired) electrons. The number of aromatic nitrogens is 2. The Morgan fingerprint density at radius 1 is 1.14 bits per heavy atom. The number of nitrogens with one attached hydrogen (secondary N) is 2. The maximum absolute atomic E-state index is 12.8. The number of benzene rings is 1. The Balaban J connectivity index is 1.58. The number of carbonyl (C=O) groups excluding carboxylic acids is 1. The van der Waals surface area contributed by atoms with Crippen LogP contribution in [0.1, 0.15) is 67.6 Å². The minimum absolute atomic E-state index is 0.121. The van der Waals surface area contributed by atoms with Gasteiger partial charge in [0.1, 0.15) is 5.56 Å². The fourth-order valence-corrected chi connectivity index (χ4v) is 4.10. The predicted octanol–water partition coefficient (Wildman–Crippen LogP) is 3.58. The molecule has 4 rings (SSSR count). The molecule has 7 nitrogen and oxygen atoms in total. The van der Waals surface area contributed by atoms with E-state index in [-0.39, 0.29) is 5.56 Å². The molecule has 1 saturated carbocycles. The molecule has 1 fully saturated rings. The molecule has 0 atom stereocenters. The molecule has 0 unspecified atom stereocenters. The summed E-state index contributed by atoms with van der Waals surface area (Å²) in [7, 11) is 0. The smallest absolute Gasteiger partial charge is 0.277 e. The summed E-state index contributed by atoms with van der Waals surface area (Å²) in [6.45, 7) is 3.86. The topological polar surface area (TPSA) is 93.3 Å². The summed E-state index contributed by atoms with van der Waals surface area (Å²) in [6.07, 6.45) is 6.32. The molecule has 148 valence electrons. The molecule has 2 aromatic rings. The van der Waals surface area contributed by atoms with Gasteiger partial charge in [-0.05, 0) is 43.4 Å². The second-order valence-corrected chi connectivity index (χ2v) is 7.35. The number of aromatic amines is 1. The number of H-pyrrole nitrogens is 1. The van der Waals surface area contributed by atoms with E-state index in [9.17, 15) is 9.59 Å². The summed E-state index contributed by atoms with van der Waals surface area (Å²) in [5.41, 5.74) is 1.63. The van der Waals surface area contributed by atoms with Gasteiger partial charge < -0.3 is 14.8 Å². The van der Waals surface area contributed by atoms with E-state index in [0.29, 0.717) is 35.6 Å². The van der Waals surface area contributed by atoms with Gasteiger partial charge in [-0.1, -0.05) is 20.3 Å². The van der Waals surface area contributed by atoms with E-state index in [1.807, 2.05) is 19.9 Å². The Hall–Kier alpha value is -2.83. The number of anilines is 1. The largest absolute Gasteiger partial charge is 0.448 e. The van der Waals surface area contributed by atoms with E-state index < -0.39 is 17.3 Å². The van der Waals surface area contributed by atoms with E-state index in [1.54, 1.807) is 12.1 Å². The number of fused-ring (bicyclic) bond motifs is 1. The Morgan fingerprint density at radius 2 is 1.89 bits per heavy atom. The van der Waals surface area contributed by atoms with Crippen molar-refractivity contribution in [2.75, 3.05) is 5.32 Å². The number of nitrogens with zero attached hydrogens (tertiary/aromatic N) is 1. The van der Waals surface area contributed by atoms with Crippen LogP contribution in [0, 0.1) is 0 Å². The number of hydrogen-bond acceptors (Lipinski definition) is 5. The maximum Gasteiger partial charge on any atom is 0.277 e. The van der Waals surface area contributed by atoms with Crippen LogP contribution in [-0.4, -0.2) is 21.9 Å². The lowest BCUT2D eigenvalue weighted by atomic mass is 9.94. The van der Waals surface area contributed by atoms with E-state index in [4.69, 9.17) is 9.47 Å². The lowest BCUT2D eigenvalue weighted by Gasteiger charge is -2.31. The van der Waals surface area contributed by atoms with E-state index >= 15 is 0 Å². The summed E-state index contributed by atoms with van der Waals surface area (Å²) in [4.78, 5) is 25.1. The van der Waals surface area contributed by atoms with E-state index in [2.05, 4.69) is 15.5 Å². The Morgan fingerprint density at radius 3 is 2.61 bits per heavy atom. The van der Waals surface area contributed by atoms with Crippen molar-refractivity contribution in [1.82, 2.24) is 10.2 Å². The predicted molar refractivity (Wildman–Crippen MR) is 105 cm³/mol. The van der Waals surface area contributed by atoms with Crippen molar-refractivity contribution in [3.63, 3.8) is 0 Å². The third-order valence-electron chi connectivity index (χ3n) is 5.49. The first kappa shape index (κ1) is 18.5. The van der Waals surface area contributed by atoms with Crippen LogP contribution in [0.4, 0.5) is 5.69 Å². The van der Waals surface area contributed by atoms with Crippen molar-refractivity contribution in [2.45, 2.75) is 64.6 Å². The van der Waals surface area contributed by atoms with Gasteiger partial charge in [0, 0.05) is 24.6 Å². The highest BCUT2D eigenvalue weighted by Gasteiger charge is 2.42. The molecule has 1 aliphatic carbocycles. The molecule has 0 bridgehead atoms. The standard InChI is InChI=1S/C21H25N3O4/c1-3-14-15(4-2)23-24-20(26)18(14)19(25)22-13-8-9-16-17(12-13)28-21(27-16)10-6-5-7-11-21/h8-9,12H,3-7,10-11H2,1-2H3,(H,22,25)(H,24,26). The third-order valence-corrected chi connectivity index (χ3v) is 5.49. The highest BCUT2D eigenvalue weighted by Crippen LogP contribution is 2.46. The van der Waals surface area contributed by atoms with Crippen molar-refractivity contribution >= 4 is 11.6 Å².